The predicted octanol–water partition coefficient (Wildman–Crippen LogP) is 8.08. The standard InChI is InChI=1S/C50H60N8O8/c1-6-32-12-15-39(57(32)48(60)43(56-50(62)64-5)27-16-18-65-19-17-27)45-51-24-37(53-45)29-10-13-33-31(20-29)25-66-41-23-34-28(21-35(33)41)11-14-36-44(34)54-46(52-36)40-22-30-8-7-9-38(30)58(40)47(59)42(26(2)3)55-49(61)63-4/h10-11,13-14,20-21,23-24,26-27,30,32,38-40,42-43H,6-9,12,15-19,22,25H2,1-5H3,(H,51,53)(H,52,54)(H,55,61)(H,56,62). The Kier molecular flexibility index (Phi) is 11.9. The second kappa shape index (κ2) is 17.9. The van der Waals surface area contributed by atoms with Gasteiger partial charge in [0.1, 0.15) is 36.1 Å². The number of amides is 4. The molecule has 2 aromatic heterocycles. The fourth-order valence-electron chi connectivity index (χ4n) is 11.7. The van der Waals surface area contributed by atoms with Crippen molar-refractivity contribution in [1.29, 1.82) is 0 Å². The van der Waals surface area contributed by atoms with Gasteiger partial charge in [-0.15, -0.1) is 0 Å². The molecule has 0 radical (unpaired) electrons. The summed E-state index contributed by atoms with van der Waals surface area (Å²) in [7, 11) is 2.63. The molecule has 7 atom stereocenters. The molecule has 0 bridgehead atoms. The highest BCUT2D eigenvalue weighted by atomic mass is 16.5. The molecular weight excluding hydrogens is 841 g/mol. The third kappa shape index (κ3) is 7.79. The van der Waals surface area contributed by atoms with Crippen LogP contribution in [0.2, 0.25) is 0 Å². The van der Waals surface area contributed by atoms with Crippen LogP contribution in [0.4, 0.5) is 9.59 Å². The van der Waals surface area contributed by atoms with E-state index >= 15 is 0 Å². The van der Waals surface area contributed by atoms with Crippen LogP contribution in [-0.4, -0.2) is 105 Å². The van der Waals surface area contributed by atoms with Crippen LogP contribution in [0.5, 0.6) is 5.75 Å². The number of nitrogens with one attached hydrogen (secondary N) is 4. The lowest BCUT2D eigenvalue weighted by atomic mass is 9.90. The number of imidazole rings is 2. The zero-order valence-corrected chi connectivity index (χ0v) is 38.4. The van der Waals surface area contributed by atoms with E-state index in [0.29, 0.717) is 38.6 Å². The van der Waals surface area contributed by atoms with Gasteiger partial charge in [-0.3, -0.25) is 9.59 Å². The molecule has 348 valence electrons. The number of H-pyrrole nitrogens is 2. The summed E-state index contributed by atoms with van der Waals surface area (Å²) in [5, 5.41) is 7.66. The molecule has 5 aliphatic rings. The Bertz CT molecular complexity index is 2670. The Morgan fingerprint density at radius 3 is 2.42 bits per heavy atom. The zero-order chi connectivity index (χ0) is 45.8. The number of aromatic nitrogens is 4. The highest BCUT2D eigenvalue weighted by Crippen LogP contribution is 2.49. The van der Waals surface area contributed by atoms with Gasteiger partial charge in [0.15, 0.2) is 0 Å². The number of methoxy groups -OCH3 is 2. The van der Waals surface area contributed by atoms with Crippen molar-refractivity contribution in [2.75, 3.05) is 27.4 Å². The smallest absolute Gasteiger partial charge is 0.407 e. The Balaban J connectivity index is 0.909. The first-order valence-electron chi connectivity index (χ1n) is 23.7. The molecule has 3 saturated heterocycles. The third-order valence-corrected chi connectivity index (χ3v) is 15.1. The minimum atomic E-state index is -0.712. The highest BCUT2D eigenvalue weighted by molar-refractivity contribution is 6.07. The van der Waals surface area contributed by atoms with Crippen molar-refractivity contribution in [1.82, 2.24) is 40.4 Å². The molecule has 7 unspecified atom stereocenters. The second-order valence-corrected chi connectivity index (χ2v) is 19.1. The van der Waals surface area contributed by atoms with Crippen LogP contribution in [-0.2, 0) is 30.4 Å². The molecule has 16 nitrogen and oxygen atoms in total. The largest absolute Gasteiger partial charge is 0.488 e. The van der Waals surface area contributed by atoms with Crippen molar-refractivity contribution >= 4 is 45.8 Å². The molecule has 4 aliphatic heterocycles. The summed E-state index contributed by atoms with van der Waals surface area (Å²) >= 11 is 0. The molecule has 5 aromatic rings. The quantitative estimate of drug-likeness (QED) is 0.107. The summed E-state index contributed by atoms with van der Waals surface area (Å²) < 4.78 is 21.9. The van der Waals surface area contributed by atoms with Gasteiger partial charge in [-0.1, -0.05) is 45.4 Å². The number of carbonyl (C=O) groups is 4. The maximum absolute atomic E-state index is 14.5. The van der Waals surface area contributed by atoms with Crippen LogP contribution in [0.15, 0.2) is 48.7 Å². The first kappa shape index (κ1) is 43.7. The van der Waals surface area contributed by atoms with E-state index < -0.39 is 24.3 Å². The Morgan fingerprint density at radius 1 is 0.848 bits per heavy atom. The SMILES string of the molecule is CCC1CCC(c2ncc(-c3ccc4c(c3)COc3cc5c(ccc6[nH]c(C7CC8CCCC8N7C(=O)C(NC(=O)OC)C(C)C)nc65)cc3-4)[nH]2)N1C(=O)C(NC(=O)OC)C1CCOCC1. The van der Waals surface area contributed by atoms with Crippen molar-refractivity contribution in [3.05, 3.63) is 65.9 Å². The summed E-state index contributed by atoms with van der Waals surface area (Å²) in [5.41, 5.74) is 6.67. The number of benzene rings is 3. The number of hydrogen-bond donors (Lipinski definition) is 4. The summed E-state index contributed by atoms with van der Waals surface area (Å²) in [6, 6.07) is 13.0. The van der Waals surface area contributed by atoms with E-state index in [4.69, 9.17) is 28.9 Å². The van der Waals surface area contributed by atoms with Gasteiger partial charge in [-0.2, -0.15) is 0 Å². The lowest BCUT2D eigenvalue weighted by molar-refractivity contribution is -0.139. The van der Waals surface area contributed by atoms with Crippen molar-refractivity contribution in [2.45, 2.75) is 121 Å². The fraction of sp³-hybridized carbons (Fsp3) is 0.520. The zero-order valence-electron chi connectivity index (χ0n) is 38.4. The van der Waals surface area contributed by atoms with Crippen molar-refractivity contribution < 1.29 is 38.1 Å². The van der Waals surface area contributed by atoms with Crippen LogP contribution in [0.1, 0.15) is 108 Å². The van der Waals surface area contributed by atoms with Crippen LogP contribution in [0.3, 0.4) is 0 Å². The van der Waals surface area contributed by atoms with Gasteiger partial charge in [0.25, 0.3) is 0 Å². The summed E-state index contributed by atoms with van der Waals surface area (Å²) in [5.74, 6) is 2.26. The Morgan fingerprint density at radius 2 is 1.65 bits per heavy atom. The minimum absolute atomic E-state index is 0.0231. The molecule has 1 aliphatic carbocycles. The molecule has 0 spiro atoms. The van der Waals surface area contributed by atoms with E-state index in [-0.39, 0.29) is 47.8 Å². The monoisotopic (exact) mass is 900 g/mol. The molecule has 10 rings (SSSR count). The van der Waals surface area contributed by atoms with Crippen molar-refractivity contribution in [3.63, 3.8) is 0 Å². The van der Waals surface area contributed by atoms with Gasteiger partial charge >= 0.3 is 12.2 Å². The number of ether oxygens (including phenoxy) is 4. The molecular formula is C50H60N8O8. The van der Waals surface area contributed by atoms with Gasteiger partial charge in [0, 0.05) is 36.2 Å². The molecule has 4 amide bonds. The number of nitrogens with zero attached hydrogens (tertiary/aromatic N) is 4. The maximum Gasteiger partial charge on any atom is 0.407 e. The number of fused-ring (bicyclic) bond motifs is 7. The number of rotatable bonds is 10. The van der Waals surface area contributed by atoms with Crippen molar-refractivity contribution in [3.8, 4) is 28.1 Å². The lowest BCUT2D eigenvalue weighted by Crippen LogP contribution is -2.54. The van der Waals surface area contributed by atoms with E-state index in [1.165, 1.54) is 14.2 Å². The molecule has 4 fully saturated rings. The minimum Gasteiger partial charge on any atom is -0.488 e. The average Bonchev–Trinajstić information content (AvgIpc) is 4.19. The van der Waals surface area contributed by atoms with Gasteiger partial charge in [-0.25, -0.2) is 19.6 Å². The van der Waals surface area contributed by atoms with E-state index in [0.717, 1.165) is 112 Å². The Hall–Kier alpha value is -6.16. The van der Waals surface area contributed by atoms with Gasteiger partial charge in [0.2, 0.25) is 11.8 Å². The lowest BCUT2D eigenvalue weighted by Gasteiger charge is -2.36. The van der Waals surface area contributed by atoms with E-state index in [2.05, 4.69) is 70.0 Å². The average molecular weight is 901 g/mol. The molecule has 6 heterocycles. The van der Waals surface area contributed by atoms with Gasteiger partial charge < -0.3 is 49.3 Å². The van der Waals surface area contributed by atoms with Crippen LogP contribution < -0.4 is 15.4 Å². The Labute approximate surface area is 383 Å². The fourth-order valence-corrected chi connectivity index (χ4v) is 11.7. The maximum atomic E-state index is 14.5. The topological polar surface area (TPSA) is 193 Å². The van der Waals surface area contributed by atoms with Crippen LogP contribution >= 0.6 is 0 Å². The van der Waals surface area contributed by atoms with Gasteiger partial charge in [-0.05, 0) is 115 Å². The molecule has 1 saturated carbocycles. The van der Waals surface area contributed by atoms with E-state index in [1.807, 2.05) is 29.8 Å². The molecule has 16 heteroatoms. The molecule has 4 N–H and O–H groups in total. The summed E-state index contributed by atoms with van der Waals surface area (Å²) in [6.45, 7) is 7.46. The van der Waals surface area contributed by atoms with Crippen LogP contribution in [0, 0.1) is 17.8 Å². The number of aromatic amines is 2. The summed E-state index contributed by atoms with van der Waals surface area (Å²) in [6.07, 6.45) is 8.28. The summed E-state index contributed by atoms with van der Waals surface area (Å²) in [4.78, 5) is 74.8. The number of likely N-dealkylation sites (tertiary alicyclic amines) is 2. The highest BCUT2D eigenvalue weighted by Gasteiger charge is 2.50. The first-order valence-corrected chi connectivity index (χ1v) is 23.7. The number of alkyl carbamates (subject to hydrolysis) is 2. The van der Waals surface area contributed by atoms with E-state index in [9.17, 15) is 19.2 Å². The number of carbonyl (C=O) groups excluding carboxylic acids is 4. The number of hydrogen-bond acceptors (Lipinski definition) is 10. The third-order valence-electron chi connectivity index (χ3n) is 15.1. The molecule has 3 aromatic carbocycles. The predicted molar refractivity (Wildman–Crippen MR) is 246 cm³/mol. The first-order chi connectivity index (χ1) is 32.0. The van der Waals surface area contributed by atoms with E-state index in [1.54, 1.807) is 0 Å². The second-order valence-electron chi connectivity index (χ2n) is 19.1. The molecule has 66 heavy (non-hydrogen) atoms. The van der Waals surface area contributed by atoms with Crippen molar-refractivity contribution in [2.24, 2.45) is 17.8 Å². The van der Waals surface area contributed by atoms with Gasteiger partial charge in [0.05, 0.1) is 49.2 Å². The normalized spacial score (nSPS) is 23.6. The van der Waals surface area contributed by atoms with Crippen LogP contribution in [0.25, 0.3) is 44.2 Å².